The third-order valence-electron chi connectivity index (χ3n) is 4.95. The van der Waals surface area contributed by atoms with Crippen molar-refractivity contribution in [2.24, 2.45) is 0 Å². The minimum absolute atomic E-state index is 0.0253. The fourth-order valence-corrected chi connectivity index (χ4v) is 3.43. The number of carbonyl (C=O) groups is 1. The van der Waals surface area contributed by atoms with Crippen molar-refractivity contribution in [3.63, 3.8) is 0 Å². The van der Waals surface area contributed by atoms with Crippen LogP contribution in [0.25, 0.3) is 34.4 Å². The monoisotopic (exact) mass is 414 g/mol. The number of pyridine rings is 1. The number of rotatable bonds is 5. The summed E-state index contributed by atoms with van der Waals surface area (Å²) in [5.41, 5.74) is 3.29. The Hall–Kier alpha value is -4.26. The summed E-state index contributed by atoms with van der Waals surface area (Å²) in [5.74, 6) is -0.187. The predicted molar refractivity (Wildman–Crippen MR) is 118 cm³/mol. The molecule has 1 N–H and O–H groups in total. The van der Waals surface area contributed by atoms with E-state index in [0.29, 0.717) is 33.7 Å². The number of carboxylic acids is 1. The first kappa shape index (κ1) is 20.0. The molecule has 2 heterocycles. The molecule has 154 valence electrons. The molecule has 31 heavy (non-hydrogen) atoms. The highest BCUT2D eigenvalue weighted by molar-refractivity contribution is 6.03. The van der Waals surface area contributed by atoms with Crippen LogP contribution in [-0.2, 0) is 0 Å². The van der Waals surface area contributed by atoms with Gasteiger partial charge in [-0.2, -0.15) is 0 Å². The number of hydrogen-bond donors (Lipinski definition) is 1. The summed E-state index contributed by atoms with van der Waals surface area (Å²) in [5, 5.41) is 21.5. The van der Waals surface area contributed by atoms with Gasteiger partial charge in [0.05, 0.1) is 27.3 Å². The van der Waals surface area contributed by atoms with Crippen LogP contribution in [-0.4, -0.2) is 21.0 Å². The molecule has 4 rings (SSSR count). The summed E-state index contributed by atoms with van der Waals surface area (Å²) < 4.78 is 5.78. The van der Waals surface area contributed by atoms with Crippen molar-refractivity contribution in [3.8, 4) is 11.3 Å². The highest BCUT2D eigenvalue weighted by Gasteiger charge is 2.18. The van der Waals surface area contributed by atoms with Crippen molar-refractivity contribution in [2.45, 2.75) is 13.8 Å². The van der Waals surface area contributed by atoms with E-state index in [1.54, 1.807) is 55.5 Å². The Morgan fingerprint density at radius 1 is 1.10 bits per heavy atom. The number of para-hydroxylation sites is 1. The maximum absolute atomic E-state index is 11.7. The highest BCUT2D eigenvalue weighted by atomic mass is 16.6. The van der Waals surface area contributed by atoms with E-state index in [1.165, 1.54) is 12.1 Å². The number of aryl methyl sites for hydroxylation is 2. The lowest BCUT2D eigenvalue weighted by Crippen LogP contribution is -2.01. The van der Waals surface area contributed by atoms with E-state index >= 15 is 0 Å². The van der Waals surface area contributed by atoms with Crippen LogP contribution in [0.2, 0.25) is 0 Å². The van der Waals surface area contributed by atoms with E-state index < -0.39 is 10.9 Å². The molecule has 0 aliphatic carbocycles. The molecule has 0 saturated heterocycles. The van der Waals surface area contributed by atoms with Gasteiger partial charge in [0, 0.05) is 11.5 Å². The largest absolute Gasteiger partial charge is 0.478 e. The Balaban J connectivity index is 1.71. The van der Waals surface area contributed by atoms with Gasteiger partial charge in [-0.05, 0) is 61.4 Å². The zero-order valence-electron chi connectivity index (χ0n) is 16.8. The first-order valence-electron chi connectivity index (χ1n) is 9.50. The summed E-state index contributed by atoms with van der Waals surface area (Å²) in [7, 11) is 0. The Morgan fingerprint density at radius 2 is 1.90 bits per heavy atom. The molecule has 0 spiro atoms. The zero-order chi connectivity index (χ0) is 22.1. The minimum atomic E-state index is -1.03. The molecule has 2 aromatic heterocycles. The number of nitro benzene ring substituents is 1. The molecule has 0 unspecified atom stereocenters. The van der Waals surface area contributed by atoms with Crippen LogP contribution in [0, 0.1) is 24.0 Å². The molecule has 7 nitrogen and oxygen atoms in total. The number of fused-ring (bicyclic) bond motifs is 1. The Bertz CT molecular complexity index is 1370. The molecule has 0 fully saturated rings. The van der Waals surface area contributed by atoms with Crippen molar-refractivity contribution < 1.29 is 19.2 Å². The van der Waals surface area contributed by atoms with Gasteiger partial charge in [0.15, 0.2) is 0 Å². The maximum Gasteiger partial charge on any atom is 0.336 e. The fraction of sp³-hybridized carbons (Fsp3) is 0.0833. The van der Waals surface area contributed by atoms with Gasteiger partial charge in [0.1, 0.15) is 11.5 Å². The number of hydrogen-bond acceptors (Lipinski definition) is 5. The minimum Gasteiger partial charge on any atom is -0.478 e. The van der Waals surface area contributed by atoms with Crippen molar-refractivity contribution in [1.29, 1.82) is 0 Å². The smallest absolute Gasteiger partial charge is 0.336 e. The average molecular weight is 414 g/mol. The number of carboxylic acid groups (broad SMARTS) is 1. The van der Waals surface area contributed by atoms with Crippen LogP contribution < -0.4 is 0 Å². The molecule has 0 saturated carbocycles. The lowest BCUT2D eigenvalue weighted by molar-refractivity contribution is -0.384. The summed E-state index contributed by atoms with van der Waals surface area (Å²) >= 11 is 0. The van der Waals surface area contributed by atoms with E-state index in [1.807, 2.05) is 13.0 Å². The number of nitro groups is 1. The second-order valence-corrected chi connectivity index (χ2v) is 7.18. The van der Waals surface area contributed by atoms with Crippen LogP contribution in [0.1, 0.15) is 32.9 Å². The SMILES string of the molecule is Cc1ccc(-c2ccc(/C=C/c3cc(C(=O)O)c4cccc(C)c4n3)o2)c([N+](=O)[O-])c1. The third kappa shape index (κ3) is 3.93. The maximum atomic E-state index is 11.7. The summed E-state index contributed by atoms with van der Waals surface area (Å²) in [6, 6.07) is 15.2. The first-order chi connectivity index (χ1) is 14.8. The number of aromatic nitrogens is 1. The molecule has 2 aromatic carbocycles. The van der Waals surface area contributed by atoms with E-state index in [2.05, 4.69) is 4.98 Å². The second kappa shape index (κ2) is 7.87. The molecule has 4 aromatic rings. The summed E-state index contributed by atoms with van der Waals surface area (Å²) in [6.45, 7) is 3.67. The fourth-order valence-electron chi connectivity index (χ4n) is 3.43. The van der Waals surface area contributed by atoms with Gasteiger partial charge in [-0.15, -0.1) is 0 Å². The topological polar surface area (TPSA) is 106 Å². The number of nitrogens with zero attached hydrogens (tertiary/aromatic N) is 2. The number of furan rings is 1. The standard InChI is InChI=1S/C24H18N2O5/c1-14-6-10-19(21(12-14)26(29)30)22-11-9-17(31-22)8-7-16-13-20(24(27)28)18-5-3-4-15(2)23(18)25-16/h3-13H,1-2H3,(H,27,28)/b8-7+. The normalized spacial score (nSPS) is 11.3. The van der Waals surface area contributed by atoms with E-state index in [0.717, 1.165) is 11.1 Å². The van der Waals surface area contributed by atoms with Crippen LogP contribution in [0.5, 0.6) is 0 Å². The van der Waals surface area contributed by atoms with Crippen molar-refractivity contribution in [2.75, 3.05) is 0 Å². The molecular formula is C24H18N2O5. The Kier molecular flexibility index (Phi) is 5.09. The summed E-state index contributed by atoms with van der Waals surface area (Å²) in [4.78, 5) is 27.2. The molecule has 0 aliphatic rings. The molecule has 0 atom stereocenters. The van der Waals surface area contributed by atoms with Gasteiger partial charge < -0.3 is 9.52 Å². The van der Waals surface area contributed by atoms with Crippen LogP contribution in [0.15, 0.2) is 59.0 Å². The predicted octanol–water partition coefficient (Wildman–Crippen LogP) is 5.89. The average Bonchev–Trinajstić information content (AvgIpc) is 3.21. The number of benzene rings is 2. The Morgan fingerprint density at radius 3 is 2.65 bits per heavy atom. The van der Waals surface area contributed by atoms with Gasteiger partial charge >= 0.3 is 5.97 Å². The van der Waals surface area contributed by atoms with E-state index in [9.17, 15) is 20.0 Å². The van der Waals surface area contributed by atoms with Gasteiger partial charge in [-0.1, -0.05) is 24.3 Å². The Labute approximate surface area is 177 Å². The molecular weight excluding hydrogens is 396 g/mol. The van der Waals surface area contributed by atoms with Crippen LogP contribution >= 0.6 is 0 Å². The first-order valence-corrected chi connectivity index (χ1v) is 9.50. The molecule has 0 bridgehead atoms. The molecule has 7 heteroatoms. The van der Waals surface area contributed by atoms with Crippen molar-refractivity contribution in [3.05, 3.63) is 92.9 Å². The lowest BCUT2D eigenvalue weighted by atomic mass is 10.0. The lowest BCUT2D eigenvalue weighted by Gasteiger charge is -2.06. The highest BCUT2D eigenvalue weighted by Crippen LogP contribution is 2.32. The van der Waals surface area contributed by atoms with Gasteiger partial charge in [-0.3, -0.25) is 10.1 Å². The van der Waals surface area contributed by atoms with Crippen molar-refractivity contribution in [1.82, 2.24) is 4.98 Å². The molecule has 0 amide bonds. The van der Waals surface area contributed by atoms with Crippen LogP contribution in [0.3, 0.4) is 0 Å². The van der Waals surface area contributed by atoms with Crippen molar-refractivity contribution >= 4 is 34.7 Å². The van der Waals surface area contributed by atoms with E-state index in [-0.39, 0.29) is 11.3 Å². The number of aromatic carboxylic acids is 1. The van der Waals surface area contributed by atoms with E-state index in [4.69, 9.17) is 4.42 Å². The second-order valence-electron chi connectivity index (χ2n) is 7.18. The zero-order valence-corrected chi connectivity index (χ0v) is 16.8. The van der Waals surface area contributed by atoms with Gasteiger partial charge in [0.2, 0.25) is 0 Å². The quantitative estimate of drug-likeness (QED) is 0.322. The van der Waals surface area contributed by atoms with Gasteiger partial charge in [0.25, 0.3) is 5.69 Å². The van der Waals surface area contributed by atoms with Gasteiger partial charge in [-0.25, -0.2) is 9.78 Å². The third-order valence-corrected chi connectivity index (χ3v) is 4.95. The molecule has 0 aliphatic heterocycles. The molecule has 0 radical (unpaired) electrons. The summed E-state index contributed by atoms with van der Waals surface area (Å²) in [6.07, 6.45) is 3.31. The van der Waals surface area contributed by atoms with Crippen LogP contribution in [0.4, 0.5) is 5.69 Å².